The van der Waals surface area contributed by atoms with Crippen molar-refractivity contribution >= 4 is 29.1 Å². The van der Waals surface area contributed by atoms with Crippen LogP contribution in [0.2, 0.25) is 5.02 Å². The number of carbonyl (C=O) groups is 2. The molecule has 1 fully saturated rings. The lowest BCUT2D eigenvalue weighted by molar-refractivity contribution is -0.131. The zero-order valence-electron chi connectivity index (χ0n) is 19.5. The largest absolute Gasteiger partial charge is 0.497 e. The third-order valence-corrected chi connectivity index (χ3v) is 6.26. The first kappa shape index (κ1) is 24.9. The van der Waals surface area contributed by atoms with Crippen molar-refractivity contribution in [3.8, 4) is 11.5 Å². The first-order valence-corrected chi connectivity index (χ1v) is 11.5. The standard InChI is InChI=1S/C25H32ClN3O4/c1-18-15-22(23(33-3)16-21(18)26)27-24(30)17-28-11-4-12-29(14-13-28)25(31)10-7-19-5-8-20(32-2)9-6-19/h5-6,8-9,15-16H,4,7,10-14,17H2,1-3H3,(H,27,30). The number of ether oxygens (including phenoxy) is 2. The summed E-state index contributed by atoms with van der Waals surface area (Å²) in [5, 5.41) is 3.52. The molecule has 7 nitrogen and oxygen atoms in total. The molecule has 0 atom stereocenters. The lowest BCUT2D eigenvalue weighted by Crippen LogP contribution is -2.38. The molecule has 33 heavy (non-hydrogen) atoms. The van der Waals surface area contributed by atoms with E-state index in [4.69, 9.17) is 21.1 Å². The van der Waals surface area contributed by atoms with Crippen molar-refractivity contribution in [2.75, 3.05) is 52.3 Å². The SMILES string of the molecule is COc1ccc(CCC(=O)N2CCCN(CC(=O)Nc3cc(C)c(Cl)cc3OC)CC2)cc1. The predicted molar refractivity (Wildman–Crippen MR) is 130 cm³/mol. The number of halogens is 1. The molecule has 0 spiro atoms. The van der Waals surface area contributed by atoms with Crippen LogP contribution in [-0.2, 0) is 16.0 Å². The highest BCUT2D eigenvalue weighted by Gasteiger charge is 2.21. The number of nitrogens with one attached hydrogen (secondary N) is 1. The van der Waals surface area contributed by atoms with E-state index in [2.05, 4.69) is 10.2 Å². The lowest BCUT2D eigenvalue weighted by Gasteiger charge is -2.22. The highest BCUT2D eigenvalue weighted by molar-refractivity contribution is 6.31. The number of methoxy groups -OCH3 is 2. The van der Waals surface area contributed by atoms with Crippen LogP contribution in [0.4, 0.5) is 5.69 Å². The monoisotopic (exact) mass is 473 g/mol. The van der Waals surface area contributed by atoms with E-state index in [1.165, 1.54) is 0 Å². The summed E-state index contributed by atoms with van der Waals surface area (Å²) in [5.41, 5.74) is 2.59. The average molecular weight is 474 g/mol. The number of aryl methyl sites for hydroxylation is 2. The second-order valence-electron chi connectivity index (χ2n) is 8.21. The number of carbonyl (C=O) groups excluding carboxylic acids is 2. The van der Waals surface area contributed by atoms with Crippen molar-refractivity contribution in [1.29, 1.82) is 0 Å². The Morgan fingerprint density at radius 3 is 2.48 bits per heavy atom. The third kappa shape index (κ3) is 7.11. The Kier molecular flexibility index (Phi) is 8.97. The summed E-state index contributed by atoms with van der Waals surface area (Å²) in [7, 11) is 3.19. The van der Waals surface area contributed by atoms with Gasteiger partial charge in [-0.1, -0.05) is 23.7 Å². The summed E-state index contributed by atoms with van der Waals surface area (Å²) < 4.78 is 10.5. The maximum atomic E-state index is 12.7. The Balaban J connectivity index is 1.47. The van der Waals surface area contributed by atoms with Gasteiger partial charge in [0, 0.05) is 43.7 Å². The molecule has 0 saturated carbocycles. The minimum Gasteiger partial charge on any atom is -0.497 e. The second-order valence-corrected chi connectivity index (χ2v) is 8.62. The van der Waals surface area contributed by atoms with E-state index in [9.17, 15) is 9.59 Å². The Morgan fingerprint density at radius 2 is 1.79 bits per heavy atom. The maximum absolute atomic E-state index is 12.7. The summed E-state index contributed by atoms with van der Waals surface area (Å²) in [4.78, 5) is 29.4. The van der Waals surface area contributed by atoms with Crippen molar-refractivity contribution in [1.82, 2.24) is 9.80 Å². The molecular weight excluding hydrogens is 442 g/mol. The number of nitrogens with zero attached hydrogens (tertiary/aromatic N) is 2. The maximum Gasteiger partial charge on any atom is 0.238 e. The molecular formula is C25H32ClN3O4. The molecule has 3 rings (SSSR count). The van der Waals surface area contributed by atoms with Crippen LogP contribution in [-0.4, -0.2) is 68.6 Å². The fourth-order valence-electron chi connectivity index (χ4n) is 3.90. The number of amides is 2. The van der Waals surface area contributed by atoms with Crippen molar-refractivity contribution in [3.63, 3.8) is 0 Å². The summed E-state index contributed by atoms with van der Waals surface area (Å²) >= 11 is 6.15. The first-order valence-electron chi connectivity index (χ1n) is 11.2. The van der Waals surface area contributed by atoms with Gasteiger partial charge < -0.3 is 19.7 Å². The molecule has 2 amide bonds. The quantitative estimate of drug-likeness (QED) is 0.632. The van der Waals surface area contributed by atoms with E-state index in [1.54, 1.807) is 20.3 Å². The summed E-state index contributed by atoms with van der Waals surface area (Å²) in [6, 6.07) is 11.3. The van der Waals surface area contributed by atoms with Crippen molar-refractivity contribution in [3.05, 3.63) is 52.5 Å². The lowest BCUT2D eigenvalue weighted by atomic mass is 10.1. The van der Waals surface area contributed by atoms with E-state index >= 15 is 0 Å². The van der Waals surface area contributed by atoms with Crippen LogP contribution in [0, 0.1) is 6.92 Å². The van der Waals surface area contributed by atoms with E-state index in [0.717, 1.165) is 29.8 Å². The van der Waals surface area contributed by atoms with Crippen molar-refractivity contribution in [2.24, 2.45) is 0 Å². The highest BCUT2D eigenvalue weighted by atomic mass is 35.5. The zero-order chi connectivity index (χ0) is 23.8. The molecule has 2 aromatic carbocycles. The highest BCUT2D eigenvalue weighted by Crippen LogP contribution is 2.30. The van der Waals surface area contributed by atoms with Gasteiger partial charge in [-0.3, -0.25) is 14.5 Å². The van der Waals surface area contributed by atoms with Gasteiger partial charge in [-0.25, -0.2) is 0 Å². The fraction of sp³-hybridized carbons (Fsp3) is 0.440. The molecule has 2 aromatic rings. The van der Waals surface area contributed by atoms with Crippen molar-refractivity contribution < 1.29 is 19.1 Å². The van der Waals surface area contributed by atoms with E-state index in [-0.39, 0.29) is 18.4 Å². The van der Waals surface area contributed by atoms with Crippen LogP contribution in [0.1, 0.15) is 24.0 Å². The topological polar surface area (TPSA) is 71.1 Å². The van der Waals surface area contributed by atoms with E-state index in [0.29, 0.717) is 48.9 Å². The minimum atomic E-state index is -0.116. The van der Waals surface area contributed by atoms with Crippen LogP contribution in [0.3, 0.4) is 0 Å². The van der Waals surface area contributed by atoms with Crippen LogP contribution < -0.4 is 14.8 Å². The average Bonchev–Trinajstić information content (AvgIpc) is 3.05. The molecule has 1 saturated heterocycles. The normalized spacial score (nSPS) is 14.5. The molecule has 0 radical (unpaired) electrons. The van der Waals surface area contributed by atoms with E-state index in [1.807, 2.05) is 42.2 Å². The molecule has 0 aliphatic carbocycles. The molecule has 1 N–H and O–H groups in total. The zero-order valence-corrected chi connectivity index (χ0v) is 20.3. The number of hydrogen-bond acceptors (Lipinski definition) is 5. The van der Waals surface area contributed by atoms with Crippen LogP contribution in [0.5, 0.6) is 11.5 Å². The molecule has 178 valence electrons. The van der Waals surface area contributed by atoms with Gasteiger partial charge in [0.1, 0.15) is 11.5 Å². The molecule has 0 aromatic heterocycles. The van der Waals surface area contributed by atoms with Crippen molar-refractivity contribution in [2.45, 2.75) is 26.2 Å². The smallest absolute Gasteiger partial charge is 0.238 e. The summed E-state index contributed by atoms with van der Waals surface area (Å²) in [5.74, 6) is 1.38. The van der Waals surface area contributed by atoms with Gasteiger partial charge in [-0.2, -0.15) is 0 Å². The summed E-state index contributed by atoms with van der Waals surface area (Å²) in [6.45, 7) is 4.91. The van der Waals surface area contributed by atoms with Gasteiger partial charge in [-0.05, 0) is 49.1 Å². The van der Waals surface area contributed by atoms with Crippen LogP contribution >= 0.6 is 11.6 Å². The van der Waals surface area contributed by atoms with Gasteiger partial charge >= 0.3 is 0 Å². The Morgan fingerprint density at radius 1 is 1.03 bits per heavy atom. The second kappa shape index (κ2) is 11.9. The number of rotatable bonds is 8. The number of anilines is 1. The van der Waals surface area contributed by atoms with Gasteiger partial charge in [0.2, 0.25) is 11.8 Å². The first-order chi connectivity index (χ1) is 15.9. The molecule has 1 heterocycles. The van der Waals surface area contributed by atoms with Gasteiger partial charge in [0.25, 0.3) is 0 Å². The predicted octanol–water partition coefficient (Wildman–Crippen LogP) is 3.77. The van der Waals surface area contributed by atoms with Crippen LogP contribution in [0.15, 0.2) is 36.4 Å². The number of hydrogen-bond donors (Lipinski definition) is 1. The van der Waals surface area contributed by atoms with Crippen LogP contribution in [0.25, 0.3) is 0 Å². The van der Waals surface area contributed by atoms with E-state index < -0.39 is 0 Å². The molecule has 8 heteroatoms. The fourth-order valence-corrected chi connectivity index (χ4v) is 4.06. The molecule has 0 bridgehead atoms. The molecule has 1 aliphatic rings. The Hall–Kier alpha value is -2.77. The third-order valence-electron chi connectivity index (χ3n) is 5.85. The number of benzene rings is 2. The summed E-state index contributed by atoms with van der Waals surface area (Å²) in [6.07, 6.45) is 2.02. The van der Waals surface area contributed by atoms with Gasteiger partial charge in [0.15, 0.2) is 0 Å². The van der Waals surface area contributed by atoms with Gasteiger partial charge in [0.05, 0.1) is 26.5 Å². The molecule has 0 unspecified atom stereocenters. The molecule has 1 aliphatic heterocycles. The Labute approximate surface area is 200 Å². The van der Waals surface area contributed by atoms with Gasteiger partial charge in [-0.15, -0.1) is 0 Å². The minimum absolute atomic E-state index is 0.116. The Bertz CT molecular complexity index is 965.